The Morgan fingerprint density at radius 2 is 1.90 bits per heavy atom. The van der Waals surface area contributed by atoms with Gasteiger partial charge in [0.2, 0.25) is 10.0 Å². The summed E-state index contributed by atoms with van der Waals surface area (Å²) in [6.07, 6.45) is 3.50. The number of benzene rings is 1. The molecule has 1 aromatic carbocycles. The molecule has 0 radical (unpaired) electrons. The van der Waals surface area contributed by atoms with E-state index in [0.717, 1.165) is 24.4 Å². The zero-order valence-corrected chi connectivity index (χ0v) is 13.7. The smallest absolute Gasteiger partial charge is 0.242 e. The maximum Gasteiger partial charge on any atom is 0.242 e. The molecule has 2 rings (SSSR count). The van der Waals surface area contributed by atoms with E-state index in [2.05, 4.69) is 23.9 Å². The van der Waals surface area contributed by atoms with Crippen molar-refractivity contribution in [2.24, 2.45) is 11.8 Å². The number of nitrogens with one attached hydrogen (secondary N) is 2. The molecule has 1 fully saturated rings. The second kappa shape index (κ2) is 6.23. The van der Waals surface area contributed by atoms with Crippen molar-refractivity contribution in [3.8, 4) is 0 Å². The minimum atomic E-state index is -3.50. The summed E-state index contributed by atoms with van der Waals surface area (Å²) in [5.41, 5.74) is 7.03. The molecule has 1 aromatic rings. The monoisotopic (exact) mass is 311 g/mol. The van der Waals surface area contributed by atoms with Crippen molar-refractivity contribution < 1.29 is 8.42 Å². The molecule has 6 heteroatoms. The SMILES string of the molecule is CNS(=O)(=O)c1ccc(NC2CCC(C)C(C)C2)cc1N. The number of rotatable bonds is 4. The van der Waals surface area contributed by atoms with Gasteiger partial charge in [-0.05, 0) is 56.3 Å². The Bertz CT molecular complexity index is 601. The lowest BCUT2D eigenvalue weighted by atomic mass is 9.79. The summed E-state index contributed by atoms with van der Waals surface area (Å²) in [6.45, 7) is 4.59. The first-order chi connectivity index (χ1) is 9.83. The Morgan fingerprint density at radius 1 is 1.19 bits per heavy atom. The van der Waals surface area contributed by atoms with Gasteiger partial charge in [-0.1, -0.05) is 13.8 Å². The summed E-state index contributed by atoms with van der Waals surface area (Å²) in [7, 11) is -2.12. The number of sulfonamides is 1. The van der Waals surface area contributed by atoms with Crippen molar-refractivity contribution in [3.63, 3.8) is 0 Å². The molecule has 0 aliphatic heterocycles. The van der Waals surface area contributed by atoms with E-state index in [1.165, 1.54) is 13.5 Å². The average molecular weight is 311 g/mol. The van der Waals surface area contributed by atoms with Crippen LogP contribution in [0.15, 0.2) is 23.1 Å². The molecule has 21 heavy (non-hydrogen) atoms. The molecule has 118 valence electrons. The molecular weight excluding hydrogens is 286 g/mol. The van der Waals surface area contributed by atoms with Crippen LogP contribution in [0.4, 0.5) is 11.4 Å². The van der Waals surface area contributed by atoms with Crippen LogP contribution in [0.3, 0.4) is 0 Å². The summed E-state index contributed by atoms with van der Waals surface area (Å²) in [6, 6.07) is 5.47. The van der Waals surface area contributed by atoms with Gasteiger partial charge in [0, 0.05) is 11.7 Å². The first kappa shape index (κ1) is 16.1. The lowest BCUT2D eigenvalue weighted by Crippen LogP contribution is -2.30. The zero-order valence-electron chi connectivity index (χ0n) is 12.9. The summed E-state index contributed by atoms with van der Waals surface area (Å²) in [5, 5.41) is 3.47. The number of nitrogen functional groups attached to an aromatic ring is 1. The van der Waals surface area contributed by atoms with Gasteiger partial charge in [0.1, 0.15) is 4.90 Å². The molecule has 0 heterocycles. The van der Waals surface area contributed by atoms with Crippen LogP contribution in [0.5, 0.6) is 0 Å². The molecule has 4 N–H and O–H groups in total. The van der Waals surface area contributed by atoms with Crippen LogP contribution in [0.2, 0.25) is 0 Å². The Morgan fingerprint density at radius 3 is 2.48 bits per heavy atom. The van der Waals surface area contributed by atoms with Crippen molar-refractivity contribution in [1.29, 1.82) is 0 Å². The van der Waals surface area contributed by atoms with Crippen LogP contribution in [0.25, 0.3) is 0 Å². The molecule has 0 amide bonds. The number of hydrogen-bond acceptors (Lipinski definition) is 4. The maximum absolute atomic E-state index is 11.8. The van der Waals surface area contributed by atoms with Crippen LogP contribution in [-0.4, -0.2) is 21.5 Å². The third-order valence-corrected chi connectivity index (χ3v) is 6.03. The third kappa shape index (κ3) is 3.68. The Balaban J connectivity index is 2.11. The zero-order chi connectivity index (χ0) is 15.6. The van der Waals surface area contributed by atoms with Gasteiger partial charge >= 0.3 is 0 Å². The first-order valence-corrected chi connectivity index (χ1v) is 8.91. The third-order valence-electron chi connectivity index (χ3n) is 4.54. The normalized spacial score (nSPS) is 26.5. The molecule has 3 atom stereocenters. The van der Waals surface area contributed by atoms with Crippen molar-refractivity contribution in [2.75, 3.05) is 18.1 Å². The Kier molecular flexibility index (Phi) is 4.78. The molecule has 5 nitrogen and oxygen atoms in total. The predicted molar refractivity (Wildman–Crippen MR) is 86.7 cm³/mol. The topological polar surface area (TPSA) is 84.2 Å². The average Bonchev–Trinajstić information content (AvgIpc) is 2.43. The van der Waals surface area contributed by atoms with Crippen molar-refractivity contribution in [3.05, 3.63) is 18.2 Å². The quantitative estimate of drug-likeness (QED) is 0.746. The molecule has 0 bridgehead atoms. The summed E-state index contributed by atoms with van der Waals surface area (Å²) in [4.78, 5) is 0.126. The second-order valence-electron chi connectivity index (χ2n) is 6.07. The van der Waals surface area contributed by atoms with Crippen LogP contribution in [0, 0.1) is 11.8 Å². The lowest BCUT2D eigenvalue weighted by Gasteiger charge is -2.33. The van der Waals surface area contributed by atoms with E-state index in [-0.39, 0.29) is 10.6 Å². The fraction of sp³-hybridized carbons (Fsp3) is 0.600. The van der Waals surface area contributed by atoms with E-state index >= 15 is 0 Å². The van der Waals surface area contributed by atoms with Gasteiger partial charge in [0.25, 0.3) is 0 Å². The van der Waals surface area contributed by atoms with Crippen molar-refractivity contribution in [2.45, 2.75) is 44.0 Å². The van der Waals surface area contributed by atoms with E-state index < -0.39 is 10.0 Å². The van der Waals surface area contributed by atoms with Crippen molar-refractivity contribution >= 4 is 21.4 Å². The summed E-state index contributed by atoms with van der Waals surface area (Å²) < 4.78 is 25.9. The highest BCUT2D eigenvalue weighted by atomic mass is 32.2. The van der Waals surface area contributed by atoms with E-state index in [0.29, 0.717) is 12.0 Å². The molecule has 1 saturated carbocycles. The highest BCUT2D eigenvalue weighted by Gasteiger charge is 2.24. The van der Waals surface area contributed by atoms with Gasteiger partial charge in [-0.2, -0.15) is 0 Å². The molecule has 0 aromatic heterocycles. The van der Waals surface area contributed by atoms with E-state index in [1.54, 1.807) is 18.2 Å². The molecule has 0 spiro atoms. The number of hydrogen-bond donors (Lipinski definition) is 3. The van der Waals surface area contributed by atoms with Gasteiger partial charge in [-0.15, -0.1) is 0 Å². The van der Waals surface area contributed by atoms with Gasteiger partial charge in [-0.25, -0.2) is 13.1 Å². The first-order valence-electron chi connectivity index (χ1n) is 7.43. The largest absolute Gasteiger partial charge is 0.398 e. The summed E-state index contributed by atoms with van der Waals surface area (Å²) in [5.74, 6) is 1.48. The minimum Gasteiger partial charge on any atom is -0.398 e. The van der Waals surface area contributed by atoms with E-state index in [4.69, 9.17) is 5.73 Å². The van der Waals surface area contributed by atoms with Crippen LogP contribution >= 0.6 is 0 Å². The standard InChI is InChI=1S/C15H25N3O2S/c1-10-4-5-12(8-11(10)2)18-13-6-7-15(14(16)9-13)21(19,20)17-3/h6-7,9-12,17-18H,4-5,8,16H2,1-3H3. The highest BCUT2D eigenvalue weighted by molar-refractivity contribution is 7.89. The second-order valence-corrected chi connectivity index (χ2v) is 7.92. The van der Waals surface area contributed by atoms with Gasteiger partial charge in [0.05, 0.1) is 5.69 Å². The predicted octanol–water partition coefficient (Wildman–Crippen LogP) is 2.41. The lowest BCUT2D eigenvalue weighted by molar-refractivity contribution is 0.261. The Hall–Kier alpha value is -1.27. The highest BCUT2D eigenvalue weighted by Crippen LogP contribution is 2.32. The number of anilines is 2. The van der Waals surface area contributed by atoms with Gasteiger partial charge in [-0.3, -0.25) is 0 Å². The maximum atomic E-state index is 11.8. The van der Waals surface area contributed by atoms with Gasteiger partial charge < -0.3 is 11.1 Å². The molecular formula is C15H25N3O2S. The fourth-order valence-corrected chi connectivity index (χ4v) is 3.74. The minimum absolute atomic E-state index is 0.126. The van der Waals surface area contributed by atoms with E-state index in [1.807, 2.05) is 0 Å². The van der Waals surface area contributed by atoms with Crippen LogP contribution < -0.4 is 15.8 Å². The van der Waals surface area contributed by atoms with E-state index in [9.17, 15) is 8.42 Å². The molecule has 0 saturated heterocycles. The molecule has 3 unspecified atom stereocenters. The van der Waals surface area contributed by atoms with Gasteiger partial charge in [0.15, 0.2) is 0 Å². The van der Waals surface area contributed by atoms with Crippen LogP contribution in [0.1, 0.15) is 33.1 Å². The van der Waals surface area contributed by atoms with Crippen molar-refractivity contribution in [1.82, 2.24) is 4.72 Å². The molecule has 1 aliphatic carbocycles. The fourth-order valence-electron chi connectivity index (χ4n) is 2.91. The molecule has 1 aliphatic rings. The number of nitrogens with two attached hydrogens (primary N) is 1. The summed E-state index contributed by atoms with van der Waals surface area (Å²) >= 11 is 0. The Labute approximate surface area is 127 Å². The van der Waals surface area contributed by atoms with Crippen LogP contribution in [-0.2, 0) is 10.0 Å².